The van der Waals surface area contributed by atoms with E-state index in [1.807, 2.05) is 36.4 Å². The number of esters is 1. The predicted octanol–water partition coefficient (Wildman–Crippen LogP) is 3.40. The molecule has 1 heterocycles. The Morgan fingerprint density at radius 3 is 2.60 bits per heavy atom. The van der Waals surface area contributed by atoms with Crippen molar-refractivity contribution in [1.29, 1.82) is 0 Å². The van der Waals surface area contributed by atoms with E-state index in [-0.39, 0.29) is 23.7 Å². The van der Waals surface area contributed by atoms with Crippen LogP contribution < -0.4 is 5.32 Å². The number of benzene rings is 1. The molecule has 2 atom stereocenters. The molecule has 1 aliphatic rings. The Bertz CT molecular complexity index is 769. The van der Waals surface area contributed by atoms with Crippen LogP contribution in [0.3, 0.4) is 0 Å². The Morgan fingerprint density at radius 2 is 1.92 bits per heavy atom. The van der Waals surface area contributed by atoms with Gasteiger partial charge in [0.15, 0.2) is 0 Å². The Kier molecular flexibility index (Phi) is 5.23. The highest BCUT2D eigenvalue weighted by Crippen LogP contribution is 2.47. The van der Waals surface area contributed by atoms with E-state index in [9.17, 15) is 9.59 Å². The van der Waals surface area contributed by atoms with Crippen molar-refractivity contribution >= 4 is 23.6 Å². The number of hydrogen-bond acceptors (Lipinski definition) is 4. The number of amides is 1. The summed E-state index contributed by atoms with van der Waals surface area (Å²) in [5, 5.41) is 2.95. The molecule has 3 rings (SSSR count). The summed E-state index contributed by atoms with van der Waals surface area (Å²) in [6, 6.07) is 11.3. The van der Waals surface area contributed by atoms with Gasteiger partial charge in [0.25, 0.3) is 0 Å². The number of nitrogens with one attached hydrogen (secondary N) is 1. The molecule has 5 nitrogen and oxygen atoms in total. The fraction of sp³-hybridized carbons (Fsp3) is 0.250. The summed E-state index contributed by atoms with van der Waals surface area (Å²) in [6.07, 6.45) is 7.46. The van der Waals surface area contributed by atoms with Gasteiger partial charge in [-0.2, -0.15) is 0 Å². The van der Waals surface area contributed by atoms with E-state index >= 15 is 0 Å². The van der Waals surface area contributed by atoms with Gasteiger partial charge in [-0.05, 0) is 60.7 Å². The number of rotatable bonds is 6. The fourth-order valence-corrected chi connectivity index (χ4v) is 2.73. The van der Waals surface area contributed by atoms with Crippen LogP contribution in [0.4, 0.5) is 5.69 Å². The smallest absolute Gasteiger partial charge is 0.330 e. The van der Waals surface area contributed by atoms with Crippen LogP contribution >= 0.6 is 0 Å². The van der Waals surface area contributed by atoms with Gasteiger partial charge < -0.3 is 10.1 Å². The van der Waals surface area contributed by atoms with Crippen molar-refractivity contribution in [1.82, 2.24) is 4.98 Å². The number of hydrogen-bond donors (Lipinski definition) is 1. The highest BCUT2D eigenvalue weighted by atomic mass is 16.5. The van der Waals surface area contributed by atoms with E-state index in [1.165, 1.54) is 6.08 Å². The fourth-order valence-electron chi connectivity index (χ4n) is 2.73. The first-order valence-electron chi connectivity index (χ1n) is 8.33. The quantitative estimate of drug-likeness (QED) is 0.648. The van der Waals surface area contributed by atoms with Crippen LogP contribution in [0.2, 0.25) is 0 Å². The Labute approximate surface area is 146 Å². The van der Waals surface area contributed by atoms with Gasteiger partial charge in [-0.1, -0.05) is 12.1 Å². The van der Waals surface area contributed by atoms with Crippen molar-refractivity contribution in [3.8, 4) is 0 Å². The van der Waals surface area contributed by atoms with Crippen molar-refractivity contribution < 1.29 is 14.3 Å². The van der Waals surface area contributed by atoms with Gasteiger partial charge >= 0.3 is 5.97 Å². The third kappa shape index (κ3) is 4.53. The molecule has 128 valence electrons. The maximum atomic E-state index is 12.3. The van der Waals surface area contributed by atoms with Crippen LogP contribution in [0, 0.1) is 5.92 Å². The lowest BCUT2D eigenvalue weighted by Crippen LogP contribution is -2.14. The van der Waals surface area contributed by atoms with E-state index in [2.05, 4.69) is 10.3 Å². The number of pyridine rings is 1. The maximum absolute atomic E-state index is 12.3. The summed E-state index contributed by atoms with van der Waals surface area (Å²) in [4.78, 5) is 27.6. The first-order valence-corrected chi connectivity index (χ1v) is 8.33. The van der Waals surface area contributed by atoms with Gasteiger partial charge in [0, 0.05) is 30.1 Å². The number of carbonyl (C=O) groups is 2. The van der Waals surface area contributed by atoms with E-state index in [1.54, 1.807) is 25.4 Å². The van der Waals surface area contributed by atoms with Crippen LogP contribution in [0.1, 0.15) is 30.4 Å². The molecule has 0 aliphatic heterocycles. The maximum Gasteiger partial charge on any atom is 0.330 e. The van der Waals surface area contributed by atoms with Gasteiger partial charge in [0.05, 0.1) is 6.61 Å². The van der Waals surface area contributed by atoms with Crippen LogP contribution in [0.25, 0.3) is 6.08 Å². The third-order valence-electron chi connectivity index (χ3n) is 4.14. The Morgan fingerprint density at radius 1 is 1.20 bits per heavy atom. The van der Waals surface area contributed by atoms with Crippen molar-refractivity contribution in [2.24, 2.45) is 5.92 Å². The highest BCUT2D eigenvalue weighted by molar-refractivity contribution is 5.95. The zero-order valence-corrected chi connectivity index (χ0v) is 14.0. The van der Waals surface area contributed by atoms with Crippen LogP contribution in [0.15, 0.2) is 54.9 Å². The minimum atomic E-state index is -0.365. The largest absolute Gasteiger partial charge is 0.463 e. The molecule has 0 saturated heterocycles. The molecule has 0 bridgehead atoms. The average molecular weight is 336 g/mol. The van der Waals surface area contributed by atoms with Crippen molar-refractivity contribution in [2.75, 3.05) is 11.9 Å². The summed E-state index contributed by atoms with van der Waals surface area (Å²) in [6.45, 7) is 2.12. The molecule has 2 aromatic rings. The molecule has 25 heavy (non-hydrogen) atoms. The van der Waals surface area contributed by atoms with E-state index in [0.717, 1.165) is 23.2 Å². The second-order valence-corrected chi connectivity index (χ2v) is 5.93. The highest BCUT2D eigenvalue weighted by Gasteiger charge is 2.43. The summed E-state index contributed by atoms with van der Waals surface area (Å²) >= 11 is 0. The van der Waals surface area contributed by atoms with E-state index < -0.39 is 0 Å². The summed E-state index contributed by atoms with van der Waals surface area (Å²) in [7, 11) is 0. The standard InChI is InChI=1S/C20H20N2O3/c1-2-25-19(23)8-5-14-3-6-16(7-4-14)22-20(24)18-13-17(18)15-9-11-21-12-10-15/h3-12,17-18H,2,13H2,1H3,(H,22,24)/b8-5-/t17-,18-/m1/s1. The minimum Gasteiger partial charge on any atom is -0.463 e. The Balaban J connectivity index is 1.54. The predicted molar refractivity (Wildman–Crippen MR) is 95.8 cm³/mol. The minimum absolute atomic E-state index is 0.0192. The van der Waals surface area contributed by atoms with Crippen molar-refractivity contribution in [3.63, 3.8) is 0 Å². The molecule has 1 aliphatic carbocycles. The second kappa shape index (κ2) is 7.75. The summed E-state index contributed by atoms with van der Waals surface area (Å²) < 4.78 is 4.83. The summed E-state index contributed by atoms with van der Waals surface area (Å²) in [5.74, 6) is -0.0204. The number of aromatic nitrogens is 1. The molecule has 1 aromatic heterocycles. The molecule has 1 amide bonds. The van der Waals surface area contributed by atoms with Crippen molar-refractivity contribution in [3.05, 3.63) is 66.0 Å². The molecule has 0 spiro atoms. The topological polar surface area (TPSA) is 68.3 Å². The molecule has 0 radical (unpaired) electrons. The lowest BCUT2D eigenvalue weighted by Gasteiger charge is -2.05. The first-order chi connectivity index (χ1) is 12.2. The number of nitrogens with zero attached hydrogens (tertiary/aromatic N) is 1. The van der Waals surface area contributed by atoms with Gasteiger partial charge in [0.2, 0.25) is 5.91 Å². The number of anilines is 1. The zero-order valence-electron chi connectivity index (χ0n) is 14.0. The number of carbonyl (C=O) groups excluding carboxylic acids is 2. The van der Waals surface area contributed by atoms with Gasteiger partial charge in [-0.3, -0.25) is 9.78 Å². The molecular formula is C20H20N2O3. The van der Waals surface area contributed by atoms with Gasteiger partial charge in [0.1, 0.15) is 0 Å². The zero-order chi connectivity index (χ0) is 17.6. The summed E-state index contributed by atoms with van der Waals surface area (Å²) in [5.41, 5.74) is 2.78. The van der Waals surface area contributed by atoms with Crippen molar-refractivity contribution in [2.45, 2.75) is 19.3 Å². The Hall–Kier alpha value is -2.95. The third-order valence-corrected chi connectivity index (χ3v) is 4.14. The lowest BCUT2D eigenvalue weighted by molar-refractivity contribution is -0.137. The first kappa shape index (κ1) is 16.9. The molecule has 0 unspecified atom stereocenters. The van der Waals surface area contributed by atoms with E-state index in [0.29, 0.717) is 6.61 Å². The lowest BCUT2D eigenvalue weighted by atomic mass is 10.1. The molecule has 1 aromatic carbocycles. The molecular weight excluding hydrogens is 316 g/mol. The monoisotopic (exact) mass is 336 g/mol. The molecule has 1 saturated carbocycles. The average Bonchev–Trinajstić information content (AvgIpc) is 3.43. The SMILES string of the molecule is CCOC(=O)/C=C\c1ccc(NC(=O)[C@@H]2C[C@@H]2c2ccncc2)cc1. The van der Waals surface area contributed by atoms with Crippen LogP contribution in [-0.2, 0) is 14.3 Å². The second-order valence-electron chi connectivity index (χ2n) is 5.93. The molecule has 1 fully saturated rings. The normalized spacial score (nSPS) is 18.8. The molecule has 5 heteroatoms. The molecule has 1 N–H and O–H groups in total. The van der Waals surface area contributed by atoms with Gasteiger partial charge in [-0.25, -0.2) is 4.79 Å². The van der Waals surface area contributed by atoms with Gasteiger partial charge in [-0.15, -0.1) is 0 Å². The van der Waals surface area contributed by atoms with Crippen LogP contribution in [-0.4, -0.2) is 23.5 Å². The van der Waals surface area contributed by atoms with E-state index in [4.69, 9.17) is 4.74 Å². The van der Waals surface area contributed by atoms with Crippen LogP contribution in [0.5, 0.6) is 0 Å². The number of ether oxygens (including phenoxy) is 1.